The first kappa shape index (κ1) is 12.3. The van der Waals surface area contributed by atoms with Crippen molar-refractivity contribution in [1.82, 2.24) is 14.3 Å². The minimum absolute atomic E-state index is 0.113. The highest BCUT2D eigenvalue weighted by molar-refractivity contribution is 8.13. The largest absolute Gasteiger partial charge is 0.469 e. The number of thioether (sulfide) groups is 1. The topological polar surface area (TPSA) is 55.3 Å². The van der Waals surface area contributed by atoms with E-state index in [4.69, 9.17) is 11.7 Å². The van der Waals surface area contributed by atoms with Crippen molar-refractivity contribution in [3.63, 3.8) is 0 Å². The zero-order valence-corrected chi connectivity index (χ0v) is 10.1. The van der Waals surface area contributed by atoms with E-state index in [1.54, 1.807) is 14.1 Å². The lowest BCUT2D eigenvalue weighted by Gasteiger charge is -2.06. The van der Waals surface area contributed by atoms with Crippen LogP contribution in [0, 0.1) is 6.92 Å². The van der Waals surface area contributed by atoms with Gasteiger partial charge in [-0.2, -0.15) is 9.36 Å². The molecule has 0 saturated heterocycles. The molecule has 0 bridgehead atoms. The van der Waals surface area contributed by atoms with Gasteiger partial charge >= 0.3 is 0 Å². The molecule has 0 aliphatic rings. The van der Waals surface area contributed by atoms with Crippen molar-refractivity contribution in [3.8, 4) is 5.19 Å². The highest BCUT2D eigenvalue weighted by atomic mass is 32.2. The fourth-order valence-electron chi connectivity index (χ4n) is 0.613. The molecule has 0 aliphatic carbocycles. The minimum atomic E-state index is -0.113. The van der Waals surface area contributed by atoms with E-state index >= 15 is 0 Å². The number of aromatic nitrogens is 2. The Morgan fingerprint density at radius 1 is 1.67 bits per heavy atom. The third-order valence-electron chi connectivity index (χ3n) is 1.28. The average Bonchev–Trinajstić information content (AvgIpc) is 2.62. The minimum Gasteiger partial charge on any atom is -0.469 e. The van der Waals surface area contributed by atoms with Crippen LogP contribution in [0.2, 0.25) is 0 Å². The molecule has 0 atom stereocenters. The Morgan fingerprint density at radius 3 is 3.00 bits per heavy atom. The van der Waals surface area contributed by atoms with Crippen LogP contribution in [0.1, 0.15) is 6.42 Å². The average molecular weight is 245 g/mol. The van der Waals surface area contributed by atoms with Gasteiger partial charge < -0.3 is 9.64 Å². The van der Waals surface area contributed by atoms with Crippen molar-refractivity contribution in [2.24, 2.45) is 0 Å². The van der Waals surface area contributed by atoms with Gasteiger partial charge in [0.05, 0.1) is 6.61 Å². The second-order valence-electron chi connectivity index (χ2n) is 2.74. The summed E-state index contributed by atoms with van der Waals surface area (Å²) < 4.78 is 9.13. The molecule has 0 N–H and O–H groups in total. The predicted octanol–water partition coefficient (Wildman–Crippen LogP) is 1.79. The van der Waals surface area contributed by atoms with Crippen molar-refractivity contribution in [2.75, 3.05) is 20.7 Å². The van der Waals surface area contributed by atoms with Crippen molar-refractivity contribution >= 4 is 28.5 Å². The summed E-state index contributed by atoms with van der Waals surface area (Å²) in [5.41, 5.74) is 0. The van der Waals surface area contributed by atoms with Crippen molar-refractivity contribution in [1.29, 1.82) is 0 Å². The fourth-order valence-corrected chi connectivity index (χ4v) is 1.86. The highest BCUT2D eigenvalue weighted by Crippen LogP contribution is 2.23. The zero-order chi connectivity index (χ0) is 11.3. The molecule has 5 nitrogen and oxygen atoms in total. The molecule has 0 aromatic carbocycles. The molecule has 0 spiro atoms. The van der Waals surface area contributed by atoms with E-state index in [1.807, 2.05) is 0 Å². The molecule has 1 rings (SSSR count). The van der Waals surface area contributed by atoms with Gasteiger partial charge in [-0.15, -0.1) is 0 Å². The molecule has 82 valence electrons. The van der Waals surface area contributed by atoms with E-state index in [2.05, 4.69) is 9.36 Å². The molecule has 7 heteroatoms. The summed E-state index contributed by atoms with van der Waals surface area (Å²) in [6.45, 7) is 5.67. The molecule has 1 aromatic heterocycles. The van der Waals surface area contributed by atoms with Crippen LogP contribution in [0.15, 0.2) is 5.16 Å². The second kappa shape index (κ2) is 5.92. The van der Waals surface area contributed by atoms with Crippen LogP contribution < -0.4 is 4.74 Å². The summed E-state index contributed by atoms with van der Waals surface area (Å²) in [6.07, 6.45) is 0.429. The van der Waals surface area contributed by atoms with Gasteiger partial charge in [-0.05, 0) is 13.3 Å². The molecule has 0 aliphatic heterocycles. The van der Waals surface area contributed by atoms with Crippen LogP contribution >= 0.6 is 23.3 Å². The molecule has 0 unspecified atom stereocenters. The van der Waals surface area contributed by atoms with Crippen LogP contribution in [-0.4, -0.2) is 40.2 Å². The Hall–Kier alpha value is -0.820. The van der Waals surface area contributed by atoms with Crippen LogP contribution in [0.3, 0.4) is 0 Å². The first-order valence-corrected chi connectivity index (χ1v) is 5.78. The van der Waals surface area contributed by atoms with E-state index in [9.17, 15) is 4.79 Å². The maximum atomic E-state index is 11.3. The Bertz CT molecular complexity index is 327. The monoisotopic (exact) mass is 245 g/mol. The molecular weight excluding hydrogens is 234 g/mol. The third-order valence-corrected chi connectivity index (χ3v) is 2.93. The molecule has 1 aromatic rings. The van der Waals surface area contributed by atoms with Gasteiger partial charge in [0.1, 0.15) is 0 Å². The molecule has 1 amide bonds. The van der Waals surface area contributed by atoms with Gasteiger partial charge in [-0.25, -0.2) is 0 Å². The molecular formula is C8H11N3O2S2. The van der Waals surface area contributed by atoms with Gasteiger partial charge in [-0.3, -0.25) is 4.79 Å². The molecule has 2 radical (unpaired) electrons. The lowest BCUT2D eigenvalue weighted by Crippen LogP contribution is -2.16. The molecule has 15 heavy (non-hydrogen) atoms. The number of nitrogens with zero attached hydrogens (tertiary/aromatic N) is 3. The summed E-state index contributed by atoms with van der Waals surface area (Å²) in [5.74, 6) is 0. The highest BCUT2D eigenvalue weighted by Gasteiger charge is 2.12. The van der Waals surface area contributed by atoms with Crippen LogP contribution in [0.25, 0.3) is 0 Å². The van der Waals surface area contributed by atoms with Crippen molar-refractivity contribution in [3.05, 3.63) is 6.92 Å². The standard InChI is InChI=1S/C8H11N3O2S2/c1-4-5-13-7-9-6(10-15-7)14-8(12)11(2)3/h1H,4-5H2,2-3H3. The lowest BCUT2D eigenvalue weighted by molar-refractivity contribution is 0.241. The maximum absolute atomic E-state index is 11.3. The van der Waals surface area contributed by atoms with Crippen LogP contribution in [-0.2, 0) is 0 Å². The number of hydrogen-bond donors (Lipinski definition) is 0. The number of amides is 1. The summed E-state index contributed by atoms with van der Waals surface area (Å²) >= 11 is 2.08. The van der Waals surface area contributed by atoms with Gasteiger partial charge in [-0.1, -0.05) is 0 Å². The van der Waals surface area contributed by atoms with Gasteiger partial charge in [0.25, 0.3) is 10.4 Å². The van der Waals surface area contributed by atoms with E-state index in [-0.39, 0.29) is 5.24 Å². The Morgan fingerprint density at radius 2 is 2.40 bits per heavy atom. The van der Waals surface area contributed by atoms with E-state index < -0.39 is 0 Å². The summed E-state index contributed by atoms with van der Waals surface area (Å²) in [6, 6.07) is 0. The Kier molecular flexibility index (Phi) is 4.83. The van der Waals surface area contributed by atoms with Gasteiger partial charge in [0.15, 0.2) is 0 Å². The first-order valence-electron chi connectivity index (χ1n) is 4.19. The number of rotatable bonds is 4. The van der Waals surface area contributed by atoms with Gasteiger partial charge in [0.2, 0.25) is 5.16 Å². The van der Waals surface area contributed by atoms with E-state index in [1.165, 1.54) is 4.90 Å². The number of ether oxygens (including phenoxy) is 1. The smallest absolute Gasteiger partial charge is 0.293 e. The number of carbonyl (C=O) groups is 1. The number of carbonyl (C=O) groups excluding carboxylic acids is 1. The lowest BCUT2D eigenvalue weighted by atomic mass is 10.5. The molecule has 0 fully saturated rings. The maximum Gasteiger partial charge on any atom is 0.293 e. The van der Waals surface area contributed by atoms with Crippen molar-refractivity contribution < 1.29 is 9.53 Å². The first-order chi connectivity index (χ1) is 7.13. The number of hydrogen-bond acceptors (Lipinski definition) is 6. The van der Waals surface area contributed by atoms with E-state index in [0.717, 1.165) is 23.3 Å². The van der Waals surface area contributed by atoms with Crippen LogP contribution in [0.5, 0.6) is 5.19 Å². The predicted molar refractivity (Wildman–Crippen MR) is 59.3 cm³/mol. The quantitative estimate of drug-likeness (QED) is 0.757. The Labute approximate surface area is 97.0 Å². The zero-order valence-electron chi connectivity index (χ0n) is 8.47. The summed E-state index contributed by atoms with van der Waals surface area (Å²) in [5, 5.41) is 0.735. The molecule has 1 heterocycles. The third kappa shape index (κ3) is 4.05. The molecule has 0 saturated carbocycles. The Balaban J connectivity index is 2.49. The fraction of sp³-hybridized carbons (Fsp3) is 0.500. The van der Waals surface area contributed by atoms with E-state index in [0.29, 0.717) is 23.4 Å². The normalized spacial score (nSPS) is 10.1. The van der Waals surface area contributed by atoms with Crippen molar-refractivity contribution in [2.45, 2.75) is 11.6 Å². The second-order valence-corrected chi connectivity index (χ2v) is 4.38. The van der Waals surface area contributed by atoms with Gasteiger partial charge in [0, 0.05) is 37.4 Å². The SMILES string of the molecule is [CH]CCOc1nc(SC(=O)N(C)C)ns1. The summed E-state index contributed by atoms with van der Waals surface area (Å²) in [7, 11) is 3.35. The van der Waals surface area contributed by atoms with Crippen LogP contribution in [0.4, 0.5) is 4.79 Å². The summed E-state index contributed by atoms with van der Waals surface area (Å²) in [4.78, 5) is 16.8.